The summed E-state index contributed by atoms with van der Waals surface area (Å²) in [5.41, 5.74) is 0.179. The van der Waals surface area contributed by atoms with Gasteiger partial charge in [-0.25, -0.2) is 13.2 Å². The van der Waals surface area contributed by atoms with Crippen LogP contribution < -0.4 is 0 Å². The third-order valence-corrected chi connectivity index (χ3v) is 5.25. The van der Waals surface area contributed by atoms with Gasteiger partial charge in [0, 0.05) is 18.7 Å². The van der Waals surface area contributed by atoms with Crippen LogP contribution in [0.4, 0.5) is 0 Å². The maximum atomic E-state index is 12.4. The van der Waals surface area contributed by atoms with Gasteiger partial charge in [0.15, 0.2) is 0 Å². The predicted octanol–water partition coefficient (Wildman–Crippen LogP) is 2.11. The van der Waals surface area contributed by atoms with Crippen LogP contribution in [0.1, 0.15) is 30.1 Å². The van der Waals surface area contributed by atoms with Crippen molar-refractivity contribution in [2.45, 2.75) is 24.7 Å². The molecule has 0 spiro atoms. The van der Waals surface area contributed by atoms with Crippen LogP contribution in [0.2, 0.25) is 0 Å². The zero-order valence-corrected chi connectivity index (χ0v) is 15.1. The first-order valence-electron chi connectivity index (χ1n) is 8.08. The van der Waals surface area contributed by atoms with Gasteiger partial charge in [-0.05, 0) is 30.7 Å². The fraction of sp³-hybridized carbons (Fsp3) is 0.353. The first kappa shape index (κ1) is 19.8. The Kier molecular flexibility index (Phi) is 6.64. The van der Waals surface area contributed by atoms with Gasteiger partial charge in [0.05, 0.1) is 17.1 Å². The van der Waals surface area contributed by atoms with Gasteiger partial charge in [0.2, 0.25) is 11.8 Å². The second kappa shape index (κ2) is 8.72. The highest BCUT2D eigenvalue weighted by Crippen LogP contribution is 2.27. The summed E-state index contributed by atoms with van der Waals surface area (Å²) in [5, 5.41) is 19.2. The highest BCUT2D eigenvalue weighted by atomic mass is 32.2. The predicted molar refractivity (Wildman–Crippen MR) is 92.8 cm³/mol. The molecule has 142 valence electrons. The number of aromatic nitrogens is 1. The van der Waals surface area contributed by atoms with Crippen LogP contribution in [-0.2, 0) is 19.5 Å². The molecule has 1 heterocycles. The van der Waals surface area contributed by atoms with Gasteiger partial charge in [-0.2, -0.15) is 3.97 Å². The van der Waals surface area contributed by atoms with Crippen molar-refractivity contribution in [1.29, 1.82) is 0 Å². The van der Waals surface area contributed by atoms with E-state index < -0.39 is 27.8 Å². The zero-order chi connectivity index (χ0) is 19.2. The highest BCUT2D eigenvalue weighted by Gasteiger charge is 2.23. The number of carbonyl (C=O) groups is 1. The van der Waals surface area contributed by atoms with E-state index in [2.05, 4.69) is 0 Å². The highest BCUT2D eigenvalue weighted by molar-refractivity contribution is 7.90. The number of ether oxygens (including phenoxy) is 2. The summed E-state index contributed by atoms with van der Waals surface area (Å²) in [4.78, 5) is 11.7. The third-order valence-electron chi connectivity index (χ3n) is 3.53. The van der Waals surface area contributed by atoms with Crippen LogP contribution in [0, 0.1) is 0 Å². The molecule has 0 bridgehead atoms. The van der Waals surface area contributed by atoms with E-state index in [1.54, 1.807) is 0 Å². The summed E-state index contributed by atoms with van der Waals surface area (Å²) in [5.74, 6) is -1.83. The summed E-state index contributed by atoms with van der Waals surface area (Å²) >= 11 is 0. The molecule has 0 saturated carbocycles. The molecule has 0 saturated heterocycles. The SMILES string of the molecule is CCCCOCCOC(=O)c1ccc(S(=O)(=O)n2c(O)ccc2O)cc1. The van der Waals surface area contributed by atoms with Crippen molar-refractivity contribution in [3.05, 3.63) is 42.0 Å². The second-order valence-corrected chi connectivity index (χ2v) is 7.23. The van der Waals surface area contributed by atoms with Crippen LogP contribution in [-0.4, -0.2) is 48.4 Å². The van der Waals surface area contributed by atoms with Gasteiger partial charge in [-0.3, -0.25) is 0 Å². The van der Waals surface area contributed by atoms with Crippen molar-refractivity contribution in [2.24, 2.45) is 0 Å². The average molecular weight is 383 g/mol. The van der Waals surface area contributed by atoms with Gasteiger partial charge in [0.25, 0.3) is 10.0 Å². The van der Waals surface area contributed by atoms with Crippen LogP contribution in [0.5, 0.6) is 11.8 Å². The molecule has 9 heteroatoms. The monoisotopic (exact) mass is 383 g/mol. The lowest BCUT2D eigenvalue weighted by molar-refractivity contribution is 0.0313. The molecule has 0 atom stereocenters. The molecule has 0 fully saturated rings. The molecule has 2 rings (SSSR count). The molecule has 26 heavy (non-hydrogen) atoms. The zero-order valence-electron chi connectivity index (χ0n) is 14.3. The topological polar surface area (TPSA) is 115 Å². The number of carbonyl (C=O) groups excluding carboxylic acids is 1. The Hall–Kier alpha value is -2.52. The minimum atomic E-state index is -4.18. The Bertz CT molecular complexity index is 821. The molecular formula is C17H21NO7S. The van der Waals surface area contributed by atoms with Crippen LogP contribution in [0.3, 0.4) is 0 Å². The minimum Gasteiger partial charge on any atom is -0.494 e. The first-order valence-corrected chi connectivity index (χ1v) is 9.52. The van der Waals surface area contributed by atoms with Gasteiger partial charge in [0.1, 0.15) is 6.61 Å². The molecule has 0 aliphatic rings. The summed E-state index contributed by atoms with van der Waals surface area (Å²) in [6.07, 6.45) is 1.96. The quantitative estimate of drug-likeness (QED) is 0.503. The number of rotatable bonds is 9. The van der Waals surface area contributed by atoms with E-state index in [1.807, 2.05) is 6.92 Å². The number of benzene rings is 1. The Morgan fingerprint density at radius 1 is 1.00 bits per heavy atom. The molecule has 0 unspecified atom stereocenters. The summed E-state index contributed by atoms with van der Waals surface area (Å²) in [6, 6.07) is 7.10. The number of esters is 1. The van der Waals surface area contributed by atoms with Gasteiger partial charge in [-0.15, -0.1) is 0 Å². The Labute approximate surface area is 151 Å². The molecule has 8 nitrogen and oxygen atoms in total. The molecule has 0 aliphatic carbocycles. The second-order valence-electron chi connectivity index (χ2n) is 5.45. The summed E-state index contributed by atoms with van der Waals surface area (Å²) in [6.45, 7) is 3.06. The maximum Gasteiger partial charge on any atom is 0.338 e. The lowest BCUT2D eigenvalue weighted by Crippen LogP contribution is -2.13. The Morgan fingerprint density at radius 2 is 1.62 bits per heavy atom. The summed E-state index contributed by atoms with van der Waals surface area (Å²) < 4.78 is 35.6. The smallest absolute Gasteiger partial charge is 0.338 e. The Morgan fingerprint density at radius 3 is 2.19 bits per heavy atom. The van der Waals surface area contributed by atoms with Crippen LogP contribution in [0.15, 0.2) is 41.3 Å². The Balaban J connectivity index is 2.01. The molecule has 2 aromatic rings. The normalized spacial score (nSPS) is 11.4. The van der Waals surface area contributed by atoms with E-state index in [0.29, 0.717) is 17.2 Å². The van der Waals surface area contributed by atoms with Gasteiger partial charge in [-0.1, -0.05) is 13.3 Å². The minimum absolute atomic E-state index is 0.105. The largest absolute Gasteiger partial charge is 0.494 e. The van der Waals surface area contributed by atoms with Crippen molar-refractivity contribution in [1.82, 2.24) is 3.97 Å². The average Bonchev–Trinajstić information content (AvgIpc) is 2.97. The van der Waals surface area contributed by atoms with E-state index >= 15 is 0 Å². The maximum absolute atomic E-state index is 12.4. The number of nitrogens with zero attached hydrogens (tertiary/aromatic N) is 1. The fourth-order valence-electron chi connectivity index (χ4n) is 2.14. The van der Waals surface area contributed by atoms with E-state index in [-0.39, 0.29) is 17.1 Å². The molecule has 0 aliphatic heterocycles. The van der Waals surface area contributed by atoms with Crippen molar-refractivity contribution in [3.8, 4) is 11.8 Å². The van der Waals surface area contributed by atoms with E-state index in [0.717, 1.165) is 25.0 Å². The number of hydrogen-bond acceptors (Lipinski definition) is 7. The lowest BCUT2D eigenvalue weighted by Gasteiger charge is -2.09. The van der Waals surface area contributed by atoms with Crippen LogP contribution >= 0.6 is 0 Å². The van der Waals surface area contributed by atoms with E-state index in [9.17, 15) is 23.4 Å². The standard InChI is InChI=1S/C17H21NO7S/c1-2-3-10-24-11-12-25-17(21)13-4-6-14(7-5-13)26(22,23)18-15(19)8-9-16(18)20/h4-9,19-20H,2-3,10-12H2,1H3. The molecule has 0 amide bonds. The fourth-order valence-corrected chi connectivity index (χ4v) is 3.45. The molecule has 2 N–H and O–H groups in total. The number of unbranched alkanes of at least 4 members (excludes halogenated alkanes) is 1. The van der Waals surface area contributed by atoms with Crippen molar-refractivity contribution >= 4 is 16.0 Å². The van der Waals surface area contributed by atoms with Gasteiger partial charge >= 0.3 is 5.97 Å². The van der Waals surface area contributed by atoms with E-state index in [4.69, 9.17) is 9.47 Å². The first-order chi connectivity index (χ1) is 12.4. The van der Waals surface area contributed by atoms with Crippen molar-refractivity contribution in [2.75, 3.05) is 19.8 Å². The number of aromatic hydroxyl groups is 2. The van der Waals surface area contributed by atoms with E-state index in [1.165, 1.54) is 24.3 Å². The molecule has 1 aromatic heterocycles. The number of hydrogen-bond donors (Lipinski definition) is 2. The van der Waals surface area contributed by atoms with Gasteiger partial charge < -0.3 is 19.7 Å². The van der Waals surface area contributed by atoms with Crippen molar-refractivity contribution < 1.29 is 32.9 Å². The van der Waals surface area contributed by atoms with Crippen LogP contribution in [0.25, 0.3) is 0 Å². The third kappa shape index (κ3) is 4.55. The molecule has 1 aromatic carbocycles. The molecular weight excluding hydrogens is 362 g/mol. The summed E-state index contributed by atoms with van der Waals surface area (Å²) in [7, 11) is -4.18. The lowest BCUT2D eigenvalue weighted by atomic mass is 10.2. The van der Waals surface area contributed by atoms with Crippen molar-refractivity contribution in [3.63, 3.8) is 0 Å². The molecule has 0 radical (unpaired) electrons.